The van der Waals surface area contributed by atoms with Gasteiger partial charge in [-0.1, -0.05) is 6.07 Å². The molecular weight excluding hydrogens is 384 g/mol. The molecule has 1 aromatic carbocycles. The molecule has 0 unspecified atom stereocenters. The zero-order valence-electron chi connectivity index (χ0n) is 14.8. The molecule has 1 heterocycles. The second-order valence-electron chi connectivity index (χ2n) is 5.15. The Morgan fingerprint density at radius 1 is 1.23 bits per heavy atom. The predicted molar refractivity (Wildman–Crippen MR) is 81.0 cm³/mol. The van der Waals surface area contributed by atoms with E-state index in [1.54, 1.807) is 6.92 Å². The molecule has 26 heavy (non-hydrogen) atoms. The van der Waals surface area contributed by atoms with Crippen molar-refractivity contribution in [3.8, 4) is 0 Å². The molecule has 130 valence electrons. The summed E-state index contributed by atoms with van der Waals surface area (Å²) in [7, 11) is -4.46. The van der Waals surface area contributed by atoms with E-state index in [0.717, 1.165) is 0 Å². The van der Waals surface area contributed by atoms with E-state index in [9.17, 15) is 27.7 Å². The largest absolute Gasteiger partial charge is 1.00 e. The molecule has 0 atom stereocenters. The first-order valence-corrected chi connectivity index (χ1v) is 8.73. The van der Waals surface area contributed by atoms with Gasteiger partial charge in [-0.3, -0.25) is 0 Å². The van der Waals surface area contributed by atoms with Crippen LogP contribution >= 0.6 is 0 Å². The van der Waals surface area contributed by atoms with E-state index < -0.39 is 27.8 Å². The van der Waals surface area contributed by atoms with E-state index in [0.29, 0.717) is 16.5 Å². The first-order valence-electron chi connectivity index (χ1n) is 7.15. The smallest absolute Gasteiger partial charge is 0.748 e. The molecule has 2 aromatic rings. The van der Waals surface area contributed by atoms with Gasteiger partial charge in [0.05, 0.1) is 22.5 Å². The van der Waals surface area contributed by atoms with Crippen LogP contribution in [0.2, 0.25) is 0 Å². The van der Waals surface area contributed by atoms with Crippen LogP contribution in [-0.4, -0.2) is 36.5 Å². The Balaban J connectivity index is 0.00000312. The van der Waals surface area contributed by atoms with Crippen LogP contribution in [0, 0.1) is 0 Å². The average molecular weight is 399 g/mol. The van der Waals surface area contributed by atoms with Crippen LogP contribution in [0.3, 0.4) is 0 Å². The number of fused-ring (bicyclic) bond motifs is 1. The number of nitrogens with one attached hydrogen (secondary N) is 1. The number of aromatic nitrogens is 1. The molecule has 0 radical (unpaired) electrons. The second-order valence-corrected chi connectivity index (χ2v) is 6.56. The van der Waals surface area contributed by atoms with Gasteiger partial charge in [-0.2, -0.15) is 0 Å². The van der Waals surface area contributed by atoms with Gasteiger partial charge >= 0.3 is 65.1 Å². The molecule has 0 bridgehead atoms. The number of carbonyl (C=O) groups is 2. The fourth-order valence-electron chi connectivity index (χ4n) is 2.45. The van der Waals surface area contributed by atoms with E-state index in [1.807, 2.05) is 0 Å². The SMILES string of the molecule is CCOC(=O)c1[nH]c2ccc(CS(=O)(=O)[O-])cc2c1CCC(=O)[O-].[Na+].[Na+]. The minimum atomic E-state index is -4.46. The monoisotopic (exact) mass is 399 g/mol. The van der Waals surface area contributed by atoms with Crippen molar-refractivity contribution < 1.29 is 91.5 Å². The van der Waals surface area contributed by atoms with Gasteiger partial charge in [0.2, 0.25) is 0 Å². The molecule has 1 N–H and O–H groups in total. The van der Waals surface area contributed by atoms with E-state index in [-0.39, 0.29) is 89.8 Å². The van der Waals surface area contributed by atoms with Gasteiger partial charge in [0.25, 0.3) is 0 Å². The van der Waals surface area contributed by atoms with Crippen molar-refractivity contribution in [2.24, 2.45) is 0 Å². The van der Waals surface area contributed by atoms with Crippen LogP contribution in [0.5, 0.6) is 0 Å². The molecule has 0 aliphatic heterocycles. The number of aliphatic carboxylic acids is 1. The van der Waals surface area contributed by atoms with Gasteiger partial charge in [-0.15, -0.1) is 0 Å². The Kier molecular flexibility index (Phi) is 10.7. The molecule has 2 rings (SSSR count). The molecule has 0 saturated carbocycles. The molecule has 8 nitrogen and oxygen atoms in total. The number of carbonyl (C=O) groups excluding carboxylic acids is 2. The van der Waals surface area contributed by atoms with E-state index in [2.05, 4.69) is 4.98 Å². The Morgan fingerprint density at radius 2 is 1.88 bits per heavy atom. The Morgan fingerprint density at radius 3 is 2.42 bits per heavy atom. The third-order valence-electron chi connectivity index (χ3n) is 3.37. The van der Waals surface area contributed by atoms with Gasteiger partial charge in [0.1, 0.15) is 5.69 Å². The molecule has 0 saturated heterocycles. The number of aromatic amines is 1. The van der Waals surface area contributed by atoms with Crippen molar-refractivity contribution in [3.63, 3.8) is 0 Å². The van der Waals surface area contributed by atoms with Crippen molar-refractivity contribution in [1.82, 2.24) is 4.98 Å². The van der Waals surface area contributed by atoms with Crippen LogP contribution in [0.25, 0.3) is 10.9 Å². The number of rotatable bonds is 7. The molecule has 1 aromatic heterocycles. The van der Waals surface area contributed by atoms with Gasteiger partial charge in [-0.05, 0) is 43.0 Å². The standard InChI is InChI=1S/C15H17NO7S.2Na/c1-2-23-15(19)14-10(4-6-13(17)18)11-7-9(8-24(20,21)22)3-5-12(11)16-14;;/h3,5,7,16H,2,4,6,8H2,1H3,(H,17,18)(H,20,21,22);;/q;2*+1/p-2. The number of carboxylic acids is 1. The summed E-state index contributed by atoms with van der Waals surface area (Å²) < 4.78 is 37.7. The fourth-order valence-corrected chi connectivity index (χ4v) is 3.04. The zero-order chi connectivity index (χ0) is 17.9. The van der Waals surface area contributed by atoms with Gasteiger partial charge in [0.15, 0.2) is 0 Å². The summed E-state index contributed by atoms with van der Waals surface area (Å²) in [4.78, 5) is 25.6. The van der Waals surface area contributed by atoms with Crippen LogP contribution in [0.1, 0.15) is 35.0 Å². The molecule has 0 amide bonds. The van der Waals surface area contributed by atoms with E-state index in [1.165, 1.54) is 18.2 Å². The summed E-state index contributed by atoms with van der Waals surface area (Å²) in [6.07, 6.45) is -0.312. The normalized spacial score (nSPS) is 10.7. The third kappa shape index (κ3) is 6.97. The number of hydrogen-bond acceptors (Lipinski definition) is 7. The molecule has 11 heteroatoms. The number of hydrogen-bond donors (Lipinski definition) is 1. The number of benzene rings is 1. The Hall–Kier alpha value is -0.390. The topological polar surface area (TPSA) is 139 Å². The number of aryl methyl sites for hydroxylation is 1. The number of H-pyrrole nitrogens is 1. The zero-order valence-corrected chi connectivity index (χ0v) is 19.6. The maximum atomic E-state index is 12.0. The maximum Gasteiger partial charge on any atom is 1.00 e. The minimum Gasteiger partial charge on any atom is -0.748 e. The van der Waals surface area contributed by atoms with Crippen molar-refractivity contribution >= 4 is 33.0 Å². The first kappa shape index (κ1) is 25.6. The molecule has 0 fully saturated rings. The Labute approximate surface area is 195 Å². The summed E-state index contributed by atoms with van der Waals surface area (Å²) in [6, 6.07) is 4.43. The summed E-state index contributed by atoms with van der Waals surface area (Å²) in [6.45, 7) is 1.78. The third-order valence-corrected chi connectivity index (χ3v) is 4.06. The molecular formula is C15H15NNa2O7S. The maximum absolute atomic E-state index is 12.0. The quantitative estimate of drug-likeness (QED) is 0.278. The van der Waals surface area contributed by atoms with Crippen molar-refractivity contribution in [2.75, 3.05) is 6.61 Å². The predicted octanol–water partition coefficient (Wildman–Crippen LogP) is -5.92. The van der Waals surface area contributed by atoms with Crippen LogP contribution in [0.4, 0.5) is 0 Å². The Bertz CT molecular complexity index is 893. The summed E-state index contributed by atoms with van der Waals surface area (Å²) in [5.74, 6) is -2.61. The summed E-state index contributed by atoms with van der Waals surface area (Å²) in [5.41, 5.74) is 1.26. The van der Waals surface area contributed by atoms with Gasteiger partial charge in [-0.25, -0.2) is 13.2 Å². The molecule has 0 spiro atoms. The molecule has 0 aliphatic rings. The number of ether oxygens (including phenoxy) is 1. The van der Waals surface area contributed by atoms with Crippen LogP contribution < -0.4 is 64.2 Å². The average Bonchev–Trinajstić information content (AvgIpc) is 2.81. The van der Waals surface area contributed by atoms with Crippen molar-refractivity contribution in [3.05, 3.63) is 35.0 Å². The van der Waals surface area contributed by atoms with Crippen LogP contribution in [0.15, 0.2) is 18.2 Å². The van der Waals surface area contributed by atoms with Crippen LogP contribution in [-0.2, 0) is 31.8 Å². The van der Waals surface area contributed by atoms with E-state index >= 15 is 0 Å². The van der Waals surface area contributed by atoms with Crippen molar-refractivity contribution in [1.29, 1.82) is 0 Å². The fraction of sp³-hybridized carbons (Fsp3) is 0.333. The summed E-state index contributed by atoms with van der Waals surface area (Å²) in [5, 5.41) is 11.2. The first-order chi connectivity index (χ1) is 11.2. The van der Waals surface area contributed by atoms with Gasteiger partial charge in [0, 0.05) is 16.9 Å². The second kappa shape index (κ2) is 10.8. The van der Waals surface area contributed by atoms with Gasteiger partial charge < -0.3 is 24.2 Å². The van der Waals surface area contributed by atoms with Crippen molar-refractivity contribution in [2.45, 2.75) is 25.5 Å². The van der Waals surface area contributed by atoms with E-state index in [4.69, 9.17) is 4.74 Å². The summed E-state index contributed by atoms with van der Waals surface area (Å²) >= 11 is 0. The minimum absolute atomic E-state index is 0. The molecule has 0 aliphatic carbocycles. The number of carboxylic acid groups (broad SMARTS) is 1. The number of esters is 1.